The molecule has 1 amide bonds. The first kappa shape index (κ1) is 21.5. The third-order valence-electron chi connectivity index (χ3n) is 3.29. The van der Waals surface area contributed by atoms with Gasteiger partial charge < -0.3 is 8.60 Å². The van der Waals surface area contributed by atoms with Crippen molar-refractivity contribution in [1.29, 1.82) is 0 Å². The van der Waals surface area contributed by atoms with Gasteiger partial charge >= 0.3 is 27.8 Å². The van der Waals surface area contributed by atoms with Gasteiger partial charge in [0.05, 0.1) is 5.92 Å². The van der Waals surface area contributed by atoms with Crippen molar-refractivity contribution in [3.8, 4) is 5.75 Å². The molecule has 154 valence electrons. The first-order chi connectivity index (χ1) is 12.7. The van der Waals surface area contributed by atoms with Crippen molar-refractivity contribution in [2.75, 3.05) is 5.32 Å². The topological polar surface area (TPSA) is 98.5 Å². The number of halogens is 6. The van der Waals surface area contributed by atoms with Crippen molar-refractivity contribution in [2.45, 2.75) is 24.5 Å². The van der Waals surface area contributed by atoms with E-state index < -0.39 is 51.1 Å². The smallest absolute Gasteiger partial charge is 0.431 e. The van der Waals surface area contributed by atoms with Crippen LogP contribution in [0.3, 0.4) is 0 Å². The van der Waals surface area contributed by atoms with Crippen molar-refractivity contribution in [3.05, 3.63) is 41.8 Å². The molecule has 28 heavy (non-hydrogen) atoms. The molecule has 0 aliphatic carbocycles. The summed E-state index contributed by atoms with van der Waals surface area (Å²) in [7, 11) is -5.84. The summed E-state index contributed by atoms with van der Waals surface area (Å²) in [6.07, 6.45) is -4.45. The quantitative estimate of drug-likeness (QED) is 0.440. The highest BCUT2D eigenvalue weighted by atomic mass is 32.2. The van der Waals surface area contributed by atoms with E-state index in [1.165, 1.54) is 6.92 Å². The predicted molar refractivity (Wildman–Crippen MR) is 80.6 cm³/mol. The summed E-state index contributed by atoms with van der Waals surface area (Å²) in [6.45, 7) is 1.34. The lowest BCUT2D eigenvalue weighted by atomic mass is 10.0. The number of carbonyl (C=O) groups excluding carboxylic acids is 1. The lowest BCUT2D eigenvalue weighted by molar-refractivity contribution is -0.141. The zero-order valence-electron chi connectivity index (χ0n) is 13.6. The minimum absolute atomic E-state index is 0.205. The zero-order valence-corrected chi connectivity index (χ0v) is 14.4. The van der Waals surface area contributed by atoms with E-state index in [-0.39, 0.29) is 5.56 Å². The Balaban J connectivity index is 2.07. The molecular formula is C14H10F6N2O5S. The molecule has 0 aliphatic rings. The second-order valence-corrected chi connectivity index (χ2v) is 6.84. The van der Waals surface area contributed by atoms with Crippen molar-refractivity contribution < 1.29 is 48.2 Å². The molecule has 0 saturated heterocycles. The van der Waals surface area contributed by atoms with Crippen LogP contribution in [0.2, 0.25) is 0 Å². The molecule has 1 N–H and O–H groups in total. The van der Waals surface area contributed by atoms with Crippen molar-refractivity contribution in [3.63, 3.8) is 0 Å². The van der Waals surface area contributed by atoms with Crippen LogP contribution in [0.15, 0.2) is 34.9 Å². The molecule has 0 saturated carbocycles. The normalized spacial score (nSPS) is 13.8. The maximum absolute atomic E-state index is 12.4. The number of hydrogen-bond acceptors (Lipinski definition) is 6. The number of carbonyl (C=O) groups is 1. The molecule has 1 heterocycles. The highest BCUT2D eigenvalue weighted by Gasteiger charge is 2.48. The van der Waals surface area contributed by atoms with Gasteiger partial charge in [-0.2, -0.15) is 39.7 Å². The molecule has 1 atom stereocenters. The van der Waals surface area contributed by atoms with E-state index in [4.69, 9.17) is 0 Å². The minimum Gasteiger partial charge on any atom is -0.431 e. The molecule has 0 unspecified atom stereocenters. The summed E-state index contributed by atoms with van der Waals surface area (Å²) in [5.41, 5.74) is -6.75. The number of anilines is 1. The Bertz CT molecular complexity index is 950. The van der Waals surface area contributed by atoms with Gasteiger partial charge in [-0.3, -0.25) is 10.1 Å². The summed E-state index contributed by atoms with van der Waals surface area (Å²) >= 11 is 0. The van der Waals surface area contributed by atoms with E-state index in [0.717, 1.165) is 24.3 Å². The van der Waals surface area contributed by atoms with Crippen molar-refractivity contribution >= 4 is 22.0 Å². The summed E-state index contributed by atoms with van der Waals surface area (Å²) in [5, 5.41) is 2.01. The first-order valence-corrected chi connectivity index (χ1v) is 8.56. The monoisotopic (exact) mass is 432 g/mol. The minimum atomic E-state index is -5.84. The Kier molecular flexibility index (Phi) is 5.64. The van der Waals surface area contributed by atoms with Gasteiger partial charge in [0.15, 0.2) is 5.69 Å². The van der Waals surface area contributed by atoms with Crippen LogP contribution in [-0.4, -0.2) is 24.8 Å². The van der Waals surface area contributed by atoms with Crippen LogP contribution in [-0.2, 0) is 21.1 Å². The average molecular weight is 432 g/mol. The van der Waals surface area contributed by atoms with Crippen LogP contribution in [0.4, 0.5) is 32.4 Å². The summed E-state index contributed by atoms with van der Waals surface area (Å²) < 4.78 is 104. The Morgan fingerprint density at radius 3 is 2.18 bits per heavy atom. The number of rotatable bonds is 5. The number of hydrogen-bond donors (Lipinski definition) is 1. The van der Waals surface area contributed by atoms with Crippen LogP contribution < -0.4 is 9.50 Å². The van der Waals surface area contributed by atoms with Gasteiger partial charge in [-0.15, -0.1) is 0 Å². The molecule has 2 aromatic rings. The van der Waals surface area contributed by atoms with Gasteiger partial charge in [-0.05, 0) is 24.6 Å². The third-order valence-corrected chi connectivity index (χ3v) is 4.27. The Labute approximate surface area is 153 Å². The lowest BCUT2D eigenvalue weighted by Crippen LogP contribution is -2.28. The Morgan fingerprint density at radius 1 is 1.14 bits per heavy atom. The first-order valence-electron chi connectivity index (χ1n) is 7.15. The van der Waals surface area contributed by atoms with Crippen LogP contribution in [0, 0.1) is 0 Å². The number of nitrogens with zero attached hydrogens (tertiary/aromatic N) is 1. The van der Waals surface area contributed by atoms with E-state index in [1.54, 1.807) is 0 Å². The second kappa shape index (κ2) is 7.33. The number of amides is 1. The standard InChI is InChI=1S/C14H10F6N2O5S/c1-7(11(23)22-12-21-10(6-26-12)13(15,16)17)8-2-4-9(5-3-8)27-28(24,25)14(18,19)20/h2-7H,1H3,(H,21,22,23)/t7-/m1/s1. The highest BCUT2D eigenvalue weighted by Crippen LogP contribution is 2.30. The number of benzene rings is 1. The maximum atomic E-state index is 12.4. The molecule has 14 heteroatoms. The van der Waals surface area contributed by atoms with E-state index in [9.17, 15) is 39.6 Å². The maximum Gasteiger partial charge on any atom is 0.534 e. The Hall–Kier alpha value is -2.77. The van der Waals surface area contributed by atoms with E-state index in [1.807, 2.05) is 5.32 Å². The molecule has 0 fully saturated rings. The van der Waals surface area contributed by atoms with Gasteiger partial charge in [-0.25, -0.2) is 0 Å². The van der Waals surface area contributed by atoms with Crippen LogP contribution in [0.1, 0.15) is 24.1 Å². The van der Waals surface area contributed by atoms with E-state index >= 15 is 0 Å². The van der Waals surface area contributed by atoms with Gasteiger partial charge in [0, 0.05) is 0 Å². The molecular weight excluding hydrogens is 422 g/mol. The van der Waals surface area contributed by atoms with Gasteiger partial charge in [-0.1, -0.05) is 12.1 Å². The van der Waals surface area contributed by atoms with Crippen molar-refractivity contribution in [2.24, 2.45) is 0 Å². The van der Waals surface area contributed by atoms with Crippen molar-refractivity contribution in [1.82, 2.24) is 4.98 Å². The van der Waals surface area contributed by atoms with Crippen LogP contribution >= 0.6 is 0 Å². The molecule has 0 bridgehead atoms. The SMILES string of the molecule is C[C@@H](C(=O)Nc1nc(C(F)(F)F)co1)c1ccc(OS(=O)(=O)C(F)(F)F)cc1. The second-order valence-electron chi connectivity index (χ2n) is 5.30. The number of aromatic nitrogens is 1. The van der Waals surface area contributed by atoms with Crippen LogP contribution in [0.25, 0.3) is 0 Å². The van der Waals surface area contributed by atoms with Gasteiger partial charge in [0.25, 0.3) is 0 Å². The molecule has 2 rings (SSSR count). The molecule has 0 spiro atoms. The fourth-order valence-corrected chi connectivity index (χ4v) is 2.27. The fraction of sp³-hybridized carbons (Fsp3) is 0.286. The molecule has 0 aliphatic heterocycles. The number of oxazole rings is 1. The lowest BCUT2D eigenvalue weighted by Gasteiger charge is -2.12. The van der Waals surface area contributed by atoms with E-state index in [0.29, 0.717) is 6.26 Å². The third kappa shape index (κ3) is 4.94. The summed E-state index contributed by atoms with van der Waals surface area (Å²) in [5.74, 6) is -2.46. The summed E-state index contributed by atoms with van der Waals surface area (Å²) in [6, 6.07) is 3.30. The van der Waals surface area contributed by atoms with E-state index in [2.05, 4.69) is 13.6 Å². The largest absolute Gasteiger partial charge is 0.534 e. The molecule has 1 aromatic heterocycles. The number of nitrogens with one attached hydrogen (secondary N) is 1. The highest BCUT2D eigenvalue weighted by molar-refractivity contribution is 7.88. The summed E-state index contributed by atoms with van der Waals surface area (Å²) in [4.78, 5) is 15.1. The molecule has 1 aromatic carbocycles. The van der Waals surface area contributed by atoms with Gasteiger partial charge in [0.1, 0.15) is 12.0 Å². The fourth-order valence-electron chi connectivity index (χ4n) is 1.81. The number of alkyl halides is 6. The zero-order chi connectivity index (χ0) is 21.3. The predicted octanol–water partition coefficient (Wildman–Crippen LogP) is 3.66. The average Bonchev–Trinajstić information content (AvgIpc) is 3.02. The molecule has 7 nitrogen and oxygen atoms in total. The molecule has 0 radical (unpaired) electrons. The van der Waals surface area contributed by atoms with Crippen LogP contribution in [0.5, 0.6) is 5.75 Å². The Morgan fingerprint density at radius 2 is 1.71 bits per heavy atom. The van der Waals surface area contributed by atoms with Gasteiger partial charge in [0.2, 0.25) is 5.91 Å².